The number of anilines is 1. The van der Waals surface area contributed by atoms with Gasteiger partial charge < -0.3 is 15.2 Å². The molecule has 0 fully saturated rings. The van der Waals surface area contributed by atoms with Crippen LogP contribution in [0.1, 0.15) is 68.8 Å². The van der Waals surface area contributed by atoms with Gasteiger partial charge in [0.05, 0.1) is 17.8 Å². The Morgan fingerprint density at radius 2 is 1.64 bits per heavy atom. The molecule has 1 amide bonds. The number of benzene rings is 2. The molecule has 0 saturated carbocycles. The van der Waals surface area contributed by atoms with Gasteiger partial charge in [-0.2, -0.15) is 17.3 Å². The Morgan fingerprint density at radius 1 is 1.05 bits per heavy atom. The summed E-state index contributed by atoms with van der Waals surface area (Å²) in [5.41, 5.74) is 8.50. The zero-order valence-corrected chi connectivity index (χ0v) is 25.7. The van der Waals surface area contributed by atoms with Crippen LogP contribution in [0.25, 0.3) is 0 Å². The molecule has 0 bridgehead atoms. The van der Waals surface area contributed by atoms with Crippen molar-refractivity contribution in [3.05, 3.63) is 89.8 Å². The van der Waals surface area contributed by atoms with E-state index in [1.54, 1.807) is 38.9 Å². The van der Waals surface area contributed by atoms with Crippen LogP contribution in [0.4, 0.5) is 5.95 Å². The monoisotopic (exact) mass is 567 g/mol. The Morgan fingerprint density at radius 3 is 2.21 bits per heavy atom. The van der Waals surface area contributed by atoms with Crippen LogP contribution in [0.3, 0.4) is 0 Å². The summed E-state index contributed by atoms with van der Waals surface area (Å²) in [7, 11) is 3.63. The maximum absolute atomic E-state index is 13.9. The van der Waals surface area contributed by atoms with Crippen molar-refractivity contribution in [2.75, 3.05) is 31.0 Å². The molecule has 7 nitrogen and oxygen atoms in total. The summed E-state index contributed by atoms with van der Waals surface area (Å²) in [4.78, 5) is 34.1. The summed E-state index contributed by atoms with van der Waals surface area (Å²) in [6.07, 6.45) is 0. The maximum Gasteiger partial charge on any atom is 0.279 e. The summed E-state index contributed by atoms with van der Waals surface area (Å²) in [6.45, 7) is 13.8. The summed E-state index contributed by atoms with van der Waals surface area (Å²) in [5, 5.41) is 5.77. The van der Waals surface area contributed by atoms with Crippen molar-refractivity contribution >= 4 is 36.1 Å². The number of amides is 1. The van der Waals surface area contributed by atoms with Crippen LogP contribution in [0.5, 0.6) is 0 Å². The van der Waals surface area contributed by atoms with Crippen LogP contribution in [-0.4, -0.2) is 41.1 Å². The third-order valence-corrected chi connectivity index (χ3v) is 8.62. The molecule has 39 heavy (non-hydrogen) atoms. The van der Waals surface area contributed by atoms with Crippen LogP contribution in [-0.2, 0) is 24.3 Å². The van der Waals surface area contributed by atoms with Crippen LogP contribution in [0, 0.1) is 27.7 Å². The van der Waals surface area contributed by atoms with Gasteiger partial charge in [-0.05, 0) is 85.3 Å². The van der Waals surface area contributed by atoms with Crippen LogP contribution < -0.4 is 15.9 Å². The van der Waals surface area contributed by atoms with Gasteiger partial charge >= 0.3 is 0 Å². The normalized spacial score (nSPS) is 14.3. The fourth-order valence-electron chi connectivity index (χ4n) is 5.54. The van der Waals surface area contributed by atoms with Gasteiger partial charge in [-0.15, -0.1) is 0 Å². The standard InChI is InChI=1S/C30H38ClN5O2S/c1-17-18(2)20(4)25(15-39)23(19(17)3)13-32-29-33-26-24(28(38)36(29)34(7)8)14-35(16-30(26,5)6)27(37)21-9-11-22(31)12-10-21/h9-12,39H,13-16H2,1-8H3,(H,32,33). The molecule has 0 unspecified atom stereocenters. The van der Waals surface area contributed by atoms with Gasteiger partial charge in [0.1, 0.15) is 0 Å². The molecule has 0 saturated heterocycles. The molecule has 2 heterocycles. The first-order valence-electron chi connectivity index (χ1n) is 13.1. The molecule has 1 aliphatic rings. The Hall–Kier alpha value is -2.97. The molecule has 3 aromatic rings. The van der Waals surface area contributed by atoms with Crippen LogP contribution >= 0.6 is 24.2 Å². The molecule has 1 aliphatic heterocycles. The number of thiol groups is 1. The minimum absolute atomic E-state index is 0.136. The van der Waals surface area contributed by atoms with Crippen molar-refractivity contribution in [3.63, 3.8) is 0 Å². The van der Waals surface area contributed by atoms with E-state index in [-0.39, 0.29) is 18.0 Å². The second-order valence-corrected chi connectivity index (χ2v) is 12.0. The quantitative estimate of drug-likeness (QED) is 0.395. The fourth-order valence-corrected chi connectivity index (χ4v) is 6.09. The van der Waals surface area contributed by atoms with E-state index < -0.39 is 5.41 Å². The third-order valence-electron chi connectivity index (χ3n) is 8.05. The Labute approximate surface area is 241 Å². The van der Waals surface area contributed by atoms with Gasteiger partial charge in [0, 0.05) is 48.9 Å². The highest BCUT2D eigenvalue weighted by Crippen LogP contribution is 2.33. The number of hydrogen-bond donors (Lipinski definition) is 2. The lowest BCUT2D eigenvalue weighted by Gasteiger charge is -2.39. The molecule has 9 heteroatoms. The molecule has 208 valence electrons. The average Bonchev–Trinajstić information content (AvgIpc) is 2.88. The van der Waals surface area contributed by atoms with Gasteiger partial charge in [0.25, 0.3) is 11.5 Å². The van der Waals surface area contributed by atoms with Crippen molar-refractivity contribution < 1.29 is 4.79 Å². The molecule has 0 spiro atoms. The summed E-state index contributed by atoms with van der Waals surface area (Å²) in [6, 6.07) is 6.83. The molecule has 4 rings (SSSR count). The molecule has 1 N–H and O–H groups in total. The number of carbonyl (C=O) groups excluding carboxylic acids is 1. The van der Waals surface area contributed by atoms with Crippen molar-refractivity contribution in [2.45, 2.75) is 65.8 Å². The molecular formula is C30H38ClN5O2S. The molecular weight excluding hydrogens is 530 g/mol. The molecule has 1 aromatic heterocycles. The predicted octanol–water partition coefficient (Wildman–Crippen LogP) is 5.30. The lowest BCUT2D eigenvalue weighted by atomic mass is 9.82. The number of carbonyl (C=O) groups is 1. The van der Waals surface area contributed by atoms with Gasteiger partial charge in [-0.1, -0.05) is 25.4 Å². The number of nitrogens with zero attached hydrogens (tertiary/aromatic N) is 4. The number of nitrogens with one attached hydrogen (secondary N) is 1. The van der Waals surface area contributed by atoms with E-state index in [1.807, 2.05) is 27.9 Å². The predicted molar refractivity (Wildman–Crippen MR) is 163 cm³/mol. The Bertz CT molecular complexity index is 1500. The van der Waals surface area contributed by atoms with Crippen LogP contribution in [0.15, 0.2) is 29.1 Å². The zero-order valence-electron chi connectivity index (χ0n) is 24.1. The van der Waals surface area contributed by atoms with E-state index in [0.29, 0.717) is 40.9 Å². The van der Waals surface area contributed by atoms with Gasteiger partial charge in [-0.3, -0.25) is 9.59 Å². The van der Waals surface area contributed by atoms with E-state index in [9.17, 15) is 9.59 Å². The van der Waals surface area contributed by atoms with E-state index in [4.69, 9.17) is 16.6 Å². The van der Waals surface area contributed by atoms with Crippen molar-refractivity contribution in [1.82, 2.24) is 14.6 Å². The molecule has 0 aliphatic carbocycles. The number of halogens is 1. The number of rotatable bonds is 6. The zero-order chi connectivity index (χ0) is 28.8. The van der Waals surface area contributed by atoms with Gasteiger partial charge in [-0.25, -0.2) is 4.98 Å². The molecule has 0 radical (unpaired) electrons. The van der Waals surface area contributed by atoms with E-state index in [1.165, 1.54) is 33.4 Å². The molecule has 2 aromatic carbocycles. The summed E-state index contributed by atoms with van der Waals surface area (Å²) >= 11 is 10.6. The minimum atomic E-state index is -0.528. The van der Waals surface area contributed by atoms with Crippen molar-refractivity contribution in [3.8, 4) is 0 Å². The highest BCUT2D eigenvalue weighted by molar-refractivity contribution is 7.79. The number of hydrogen-bond acceptors (Lipinski definition) is 6. The topological polar surface area (TPSA) is 70.5 Å². The Balaban J connectivity index is 1.75. The Kier molecular flexibility index (Phi) is 8.11. The number of aromatic nitrogens is 2. The second-order valence-electron chi connectivity index (χ2n) is 11.2. The maximum atomic E-state index is 13.9. The van der Waals surface area contributed by atoms with Gasteiger partial charge in [0.2, 0.25) is 5.95 Å². The van der Waals surface area contributed by atoms with Crippen molar-refractivity contribution in [1.29, 1.82) is 0 Å². The summed E-state index contributed by atoms with van der Waals surface area (Å²) in [5.74, 6) is 0.978. The first-order valence-corrected chi connectivity index (χ1v) is 14.1. The highest BCUT2D eigenvalue weighted by atomic mass is 35.5. The van der Waals surface area contributed by atoms with Crippen molar-refractivity contribution in [2.24, 2.45) is 0 Å². The van der Waals surface area contributed by atoms with E-state index >= 15 is 0 Å². The molecule has 0 atom stereocenters. The van der Waals surface area contributed by atoms with E-state index in [0.717, 1.165) is 5.69 Å². The number of fused-ring (bicyclic) bond motifs is 1. The fraction of sp³-hybridized carbons (Fsp3) is 0.433. The smallest absolute Gasteiger partial charge is 0.279 e. The summed E-state index contributed by atoms with van der Waals surface area (Å²) < 4.78 is 1.55. The van der Waals surface area contributed by atoms with E-state index in [2.05, 4.69) is 45.6 Å². The average molecular weight is 568 g/mol. The second kappa shape index (κ2) is 10.9. The van der Waals surface area contributed by atoms with Gasteiger partial charge in [0.15, 0.2) is 0 Å². The first kappa shape index (κ1) is 29.0. The largest absolute Gasteiger partial charge is 0.350 e. The minimum Gasteiger partial charge on any atom is -0.350 e. The first-order chi connectivity index (χ1) is 18.3. The third kappa shape index (κ3) is 5.29. The van der Waals surface area contributed by atoms with Crippen LogP contribution in [0.2, 0.25) is 5.02 Å². The SMILES string of the molecule is Cc1c(C)c(C)c(CNc2nc3c(c(=O)n2N(C)C)CN(C(=O)c2ccc(Cl)cc2)CC3(C)C)c(CS)c1C. The lowest BCUT2D eigenvalue weighted by molar-refractivity contribution is 0.0681. The lowest BCUT2D eigenvalue weighted by Crippen LogP contribution is -2.51. The highest BCUT2D eigenvalue weighted by Gasteiger charge is 2.38.